The summed E-state index contributed by atoms with van der Waals surface area (Å²) in [6, 6.07) is 1.61. The number of urea groups is 1. The summed E-state index contributed by atoms with van der Waals surface area (Å²) in [6.45, 7) is 4.32. The van der Waals surface area contributed by atoms with Gasteiger partial charge in [-0.25, -0.2) is 9.78 Å². The van der Waals surface area contributed by atoms with E-state index in [1.165, 1.54) is 16.2 Å². The highest BCUT2D eigenvalue weighted by Crippen LogP contribution is 2.17. The highest BCUT2D eigenvalue weighted by molar-refractivity contribution is 7.13. The van der Waals surface area contributed by atoms with Gasteiger partial charge in [0.05, 0.1) is 12.2 Å². The predicted octanol–water partition coefficient (Wildman–Crippen LogP) is 3.06. The topological polar surface area (TPSA) is 71.3 Å². The molecule has 0 aliphatic carbocycles. The number of aromatic nitrogens is 2. The van der Waals surface area contributed by atoms with Crippen molar-refractivity contribution in [1.29, 1.82) is 0 Å². The van der Waals surface area contributed by atoms with E-state index < -0.39 is 0 Å². The van der Waals surface area contributed by atoms with Crippen LogP contribution in [0, 0.1) is 6.92 Å². The van der Waals surface area contributed by atoms with Gasteiger partial charge in [0.25, 0.3) is 0 Å². The Bertz CT molecular complexity index is 578. The zero-order valence-electron chi connectivity index (χ0n) is 11.8. The number of hydrogen-bond acceptors (Lipinski definition) is 5. The van der Waals surface area contributed by atoms with Gasteiger partial charge in [-0.2, -0.15) is 0 Å². The molecule has 0 fully saturated rings. The molecule has 108 valence electrons. The maximum atomic E-state index is 12.0. The molecule has 0 aliphatic heterocycles. The van der Waals surface area contributed by atoms with Crippen LogP contribution in [-0.2, 0) is 13.0 Å². The van der Waals surface area contributed by atoms with Crippen LogP contribution in [0.15, 0.2) is 16.0 Å². The van der Waals surface area contributed by atoms with E-state index in [1.54, 1.807) is 7.05 Å². The number of carbonyl (C=O) groups excluding carboxylic acids is 1. The van der Waals surface area contributed by atoms with Crippen LogP contribution in [0.2, 0.25) is 0 Å². The number of carbonyl (C=O) groups is 1. The highest BCUT2D eigenvalue weighted by Gasteiger charge is 2.13. The van der Waals surface area contributed by atoms with E-state index in [9.17, 15) is 4.79 Å². The molecule has 20 heavy (non-hydrogen) atoms. The summed E-state index contributed by atoms with van der Waals surface area (Å²) in [6.07, 6.45) is 1.98. The lowest BCUT2D eigenvalue weighted by Gasteiger charge is -2.15. The molecule has 2 aromatic heterocycles. The number of anilines is 1. The Morgan fingerprint density at radius 3 is 2.95 bits per heavy atom. The molecule has 0 aromatic carbocycles. The maximum Gasteiger partial charge on any atom is 0.323 e. The van der Waals surface area contributed by atoms with Gasteiger partial charge in [-0.1, -0.05) is 18.5 Å². The monoisotopic (exact) mass is 294 g/mol. The van der Waals surface area contributed by atoms with Crippen LogP contribution in [0.25, 0.3) is 0 Å². The SMILES string of the molecule is CCCc1csc(NC(=O)N(C)Cc2cc(C)on2)n1. The van der Waals surface area contributed by atoms with E-state index in [1.807, 2.05) is 18.4 Å². The Kier molecular flexibility index (Phi) is 4.73. The molecule has 0 atom stereocenters. The zero-order chi connectivity index (χ0) is 14.5. The van der Waals surface area contributed by atoms with Gasteiger partial charge in [0.2, 0.25) is 0 Å². The maximum absolute atomic E-state index is 12.0. The zero-order valence-corrected chi connectivity index (χ0v) is 12.7. The molecule has 0 aliphatic rings. The Labute approximate surface area is 121 Å². The van der Waals surface area contributed by atoms with Gasteiger partial charge in [-0.3, -0.25) is 5.32 Å². The van der Waals surface area contributed by atoms with Crippen LogP contribution in [-0.4, -0.2) is 28.1 Å². The van der Waals surface area contributed by atoms with E-state index in [4.69, 9.17) is 4.52 Å². The van der Waals surface area contributed by atoms with E-state index in [2.05, 4.69) is 22.4 Å². The summed E-state index contributed by atoms with van der Waals surface area (Å²) in [5.41, 5.74) is 1.74. The fourth-order valence-electron chi connectivity index (χ4n) is 1.73. The smallest absolute Gasteiger partial charge is 0.323 e. The minimum Gasteiger partial charge on any atom is -0.361 e. The van der Waals surface area contributed by atoms with Crippen molar-refractivity contribution in [3.05, 3.63) is 28.6 Å². The van der Waals surface area contributed by atoms with Crippen LogP contribution in [0.3, 0.4) is 0 Å². The number of nitrogens with zero attached hydrogens (tertiary/aromatic N) is 3. The molecule has 2 aromatic rings. The van der Waals surface area contributed by atoms with Gasteiger partial charge in [0.1, 0.15) is 11.5 Å². The van der Waals surface area contributed by atoms with Gasteiger partial charge in [0, 0.05) is 18.5 Å². The summed E-state index contributed by atoms with van der Waals surface area (Å²) in [7, 11) is 1.71. The molecule has 0 radical (unpaired) electrons. The molecule has 0 saturated carbocycles. The van der Waals surface area contributed by atoms with Gasteiger partial charge < -0.3 is 9.42 Å². The Morgan fingerprint density at radius 1 is 1.50 bits per heavy atom. The van der Waals surface area contributed by atoms with Crippen molar-refractivity contribution in [2.24, 2.45) is 0 Å². The Morgan fingerprint density at radius 2 is 2.30 bits per heavy atom. The van der Waals surface area contributed by atoms with Crippen molar-refractivity contribution >= 4 is 22.5 Å². The van der Waals surface area contributed by atoms with Crippen molar-refractivity contribution in [2.45, 2.75) is 33.2 Å². The second-order valence-electron chi connectivity index (χ2n) is 4.61. The fourth-order valence-corrected chi connectivity index (χ4v) is 2.46. The quantitative estimate of drug-likeness (QED) is 0.920. The number of rotatable bonds is 5. The van der Waals surface area contributed by atoms with Crippen molar-refractivity contribution < 1.29 is 9.32 Å². The predicted molar refractivity (Wildman–Crippen MR) is 77.8 cm³/mol. The minimum atomic E-state index is -0.206. The first kappa shape index (κ1) is 14.5. The Hall–Kier alpha value is -1.89. The molecule has 7 heteroatoms. The van der Waals surface area contributed by atoms with Gasteiger partial charge in [-0.05, 0) is 13.3 Å². The fraction of sp³-hybridized carbons (Fsp3) is 0.462. The van der Waals surface area contributed by atoms with Crippen molar-refractivity contribution in [2.75, 3.05) is 12.4 Å². The molecule has 0 bridgehead atoms. The molecular weight excluding hydrogens is 276 g/mol. The molecular formula is C13H18N4O2S. The van der Waals surface area contributed by atoms with Gasteiger partial charge >= 0.3 is 6.03 Å². The van der Waals surface area contributed by atoms with Crippen LogP contribution in [0.1, 0.15) is 30.5 Å². The lowest BCUT2D eigenvalue weighted by molar-refractivity contribution is 0.219. The largest absolute Gasteiger partial charge is 0.361 e. The van der Waals surface area contributed by atoms with Gasteiger partial charge in [-0.15, -0.1) is 11.3 Å². The van der Waals surface area contributed by atoms with E-state index in [-0.39, 0.29) is 6.03 Å². The van der Waals surface area contributed by atoms with Crippen LogP contribution in [0.5, 0.6) is 0 Å². The molecule has 2 rings (SSSR count). The number of aryl methyl sites for hydroxylation is 2. The average molecular weight is 294 g/mol. The van der Waals surface area contributed by atoms with Crippen molar-refractivity contribution in [3.8, 4) is 0 Å². The van der Waals surface area contributed by atoms with Crippen LogP contribution in [0.4, 0.5) is 9.93 Å². The summed E-state index contributed by atoms with van der Waals surface area (Å²) >= 11 is 1.44. The standard InChI is InChI=1S/C13H18N4O2S/c1-4-5-10-8-20-12(14-10)15-13(18)17(3)7-11-6-9(2)19-16-11/h6,8H,4-5,7H2,1-3H3,(H,14,15,18). The van der Waals surface area contributed by atoms with E-state index in [0.717, 1.165) is 30.0 Å². The van der Waals surface area contributed by atoms with E-state index in [0.29, 0.717) is 11.7 Å². The highest BCUT2D eigenvalue weighted by atomic mass is 32.1. The summed E-state index contributed by atoms with van der Waals surface area (Å²) < 4.78 is 4.97. The average Bonchev–Trinajstić information content (AvgIpc) is 2.99. The van der Waals surface area contributed by atoms with E-state index >= 15 is 0 Å². The summed E-state index contributed by atoms with van der Waals surface area (Å²) in [5.74, 6) is 0.734. The first-order valence-corrected chi connectivity index (χ1v) is 7.35. The van der Waals surface area contributed by atoms with Crippen LogP contribution >= 0.6 is 11.3 Å². The van der Waals surface area contributed by atoms with Crippen molar-refractivity contribution in [3.63, 3.8) is 0 Å². The third kappa shape index (κ3) is 3.80. The number of amides is 2. The molecule has 6 nitrogen and oxygen atoms in total. The number of thiazole rings is 1. The second-order valence-corrected chi connectivity index (χ2v) is 5.47. The summed E-state index contributed by atoms with van der Waals surface area (Å²) in [5, 5.41) is 9.25. The third-order valence-corrected chi connectivity index (χ3v) is 3.50. The van der Waals surface area contributed by atoms with Crippen LogP contribution < -0.4 is 5.32 Å². The number of hydrogen-bond donors (Lipinski definition) is 1. The first-order chi connectivity index (χ1) is 9.58. The minimum absolute atomic E-state index is 0.206. The Balaban J connectivity index is 1.89. The normalized spacial score (nSPS) is 10.6. The lowest BCUT2D eigenvalue weighted by Crippen LogP contribution is -2.30. The molecule has 1 N–H and O–H groups in total. The molecule has 2 heterocycles. The molecule has 0 saturated heterocycles. The third-order valence-electron chi connectivity index (χ3n) is 2.69. The van der Waals surface area contributed by atoms with Gasteiger partial charge in [0.15, 0.2) is 5.13 Å². The molecule has 0 unspecified atom stereocenters. The van der Waals surface area contributed by atoms with Crippen molar-refractivity contribution in [1.82, 2.24) is 15.0 Å². The molecule has 2 amide bonds. The first-order valence-electron chi connectivity index (χ1n) is 6.47. The summed E-state index contributed by atoms with van der Waals surface area (Å²) in [4.78, 5) is 17.9. The lowest BCUT2D eigenvalue weighted by atomic mass is 10.3. The molecule has 0 spiro atoms. The number of nitrogens with one attached hydrogen (secondary N) is 1. The second kappa shape index (κ2) is 6.51.